The Hall–Kier alpha value is -1.87. The molecule has 0 unspecified atom stereocenters. The fourth-order valence-electron chi connectivity index (χ4n) is 1.84. The predicted molar refractivity (Wildman–Crippen MR) is 80.1 cm³/mol. The van der Waals surface area contributed by atoms with Gasteiger partial charge < -0.3 is 9.52 Å². The van der Waals surface area contributed by atoms with Crippen molar-refractivity contribution in [1.29, 1.82) is 0 Å². The number of aryl methyl sites for hydroxylation is 1. The molecule has 0 aliphatic heterocycles. The van der Waals surface area contributed by atoms with Crippen molar-refractivity contribution in [3.63, 3.8) is 0 Å². The summed E-state index contributed by atoms with van der Waals surface area (Å²) < 4.78 is 45.1. The zero-order chi connectivity index (χ0) is 16.7. The maximum Gasteiger partial charge on any atom is 0.371 e. The highest BCUT2D eigenvalue weighted by molar-refractivity contribution is 9.10. The highest BCUT2D eigenvalue weighted by Gasteiger charge is 2.29. The maximum atomic E-state index is 13.9. The molecule has 0 aliphatic rings. The summed E-state index contributed by atoms with van der Waals surface area (Å²) in [5.41, 5.74) is -0.166. The highest BCUT2D eigenvalue weighted by atomic mass is 79.9. The molecule has 6 nitrogen and oxygen atoms in total. The van der Waals surface area contributed by atoms with Crippen molar-refractivity contribution in [1.82, 2.24) is 0 Å². The Morgan fingerprint density at radius 1 is 1.36 bits per heavy atom. The first-order chi connectivity index (χ1) is 10.1. The van der Waals surface area contributed by atoms with Crippen LogP contribution in [-0.4, -0.2) is 26.5 Å². The first-order valence-corrected chi connectivity index (χ1v) is 8.15. The van der Waals surface area contributed by atoms with E-state index in [-0.39, 0.29) is 16.3 Å². The van der Waals surface area contributed by atoms with Crippen molar-refractivity contribution in [2.75, 3.05) is 11.4 Å². The number of hydrogen-bond acceptors (Lipinski definition) is 4. The molecule has 2 aromatic rings. The molecular weight excluding hydrogens is 381 g/mol. The highest BCUT2D eigenvalue weighted by Crippen LogP contribution is 2.29. The van der Waals surface area contributed by atoms with Crippen LogP contribution in [0.4, 0.5) is 10.1 Å². The molecule has 0 aliphatic carbocycles. The predicted octanol–water partition coefficient (Wildman–Crippen LogP) is 3.01. The van der Waals surface area contributed by atoms with Crippen LogP contribution in [0.15, 0.2) is 38.1 Å². The van der Waals surface area contributed by atoms with Gasteiger partial charge in [0.2, 0.25) is 5.76 Å². The van der Waals surface area contributed by atoms with Crippen molar-refractivity contribution in [3.05, 3.63) is 46.1 Å². The van der Waals surface area contributed by atoms with Crippen molar-refractivity contribution < 1.29 is 27.1 Å². The maximum absolute atomic E-state index is 13.9. The van der Waals surface area contributed by atoms with Gasteiger partial charge >= 0.3 is 5.97 Å². The number of halogens is 2. The molecule has 0 fully saturated rings. The van der Waals surface area contributed by atoms with Crippen LogP contribution < -0.4 is 4.31 Å². The van der Waals surface area contributed by atoms with Crippen LogP contribution in [0.5, 0.6) is 0 Å². The number of nitrogens with zero attached hydrogens (tertiary/aromatic N) is 1. The SMILES string of the molecule is Cc1oc(C(=O)O)cc1S(=O)(=O)N(C)c1ccc(Br)cc1F. The normalized spacial score (nSPS) is 11.5. The van der Waals surface area contributed by atoms with E-state index in [0.29, 0.717) is 4.47 Å². The Morgan fingerprint density at radius 2 is 2.00 bits per heavy atom. The lowest BCUT2D eigenvalue weighted by Crippen LogP contribution is -2.27. The third kappa shape index (κ3) is 2.86. The van der Waals surface area contributed by atoms with Gasteiger partial charge in [0.05, 0.1) is 5.69 Å². The van der Waals surface area contributed by atoms with E-state index in [0.717, 1.165) is 16.4 Å². The molecule has 1 N–H and O–H groups in total. The Labute approximate surface area is 134 Å². The molecule has 22 heavy (non-hydrogen) atoms. The smallest absolute Gasteiger partial charge is 0.371 e. The zero-order valence-electron chi connectivity index (χ0n) is 11.5. The van der Waals surface area contributed by atoms with Crippen molar-refractivity contribution in [2.24, 2.45) is 0 Å². The van der Waals surface area contributed by atoms with Gasteiger partial charge in [0.15, 0.2) is 0 Å². The van der Waals surface area contributed by atoms with E-state index in [1.807, 2.05) is 0 Å². The van der Waals surface area contributed by atoms with Crippen LogP contribution >= 0.6 is 15.9 Å². The lowest BCUT2D eigenvalue weighted by Gasteiger charge is -2.19. The summed E-state index contributed by atoms with van der Waals surface area (Å²) >= 11 is 3.08. The van der Waals surface area contributed by atoms with E-state index in [9.17, 15) is 17.6 Å². The van der Waals surface area contributed by atoms with E-state index in [1.54, 1.807) is 0 Å². The minimum atomic E-state index is -4.15. The molecule has 9 heteroatoms. The summed E-state index contributed by atoms with van der Waals surface area (Å²) in [6, 6.07) is 4.83. The third-order valence-electron chi connectivity index (χ3n) is 2.97. The minimum Gasteiger partial charge on any atom is -0.475 e. The number of furan rings is 1. The van der Waals surface area contributed by atoms with E-state index >= 15 is 0 Å². The monoisotopic (exact) mass is 391 g/mol. The van der Waals surface area contributed by atoms with E-state index < -0.39 is 27.6 Å². The molecule has 0 radical (unpaired) electrons. The van der Waals surface area contributed by atoms with Gasteiger partial charge in [0, 0.05) is 17.6 Å². The fourth-order valence-corrected chi connectivity index (χ4v) is 3.54. The number of aromatic carboxylic acids is 1. The molecule has 0 saturated heterocycles. The van der Waals surface area contributed by atoms with E-state index in [2.05, 4.69) is 15.9 Å². The number of anilines is 1. The van der Waals surface area contributed by atoms with Crippen LogP contribution in [0.3, 0.4) is 0 Å². The summed E-state index contributed by atoms with van der Waals surface area (Å²) in [7, 11) is -2.97. The first kappa shape index (κ1) is 16.5. The average Bonchev–Trinajstić information content (AvgIpc) is 2.81. The second-order valence-electron chi connectivity index (χ2n) is 4.40. The van der Waals surface area contributed by atoms with Gasteiger partial charge in [-0.1, -0.05) is 15.9 Å². The van der Waals surface area contributed by atoms with Gasteiger partial charge in [-0.3, -0.25) is 4.31 Å². The molecule has 1 aromatic carbocycles. The second-order valence-corrected chi connectivity index (χ2v) is 7.26. The zero-order valence-corrected chi connectivity index (χ0v) is 13.9. The summed E-state index contributed by atoms with van der Waals surface area (Å²) in [5.74, 6) is -2.70. The second kappa shape index (κ2) is 5.73. The number of carboxylic acid groups (broad SMARTS) is 1. The lowest BCUT2D eigenvalue weighted by molar-refractivity contribution is 0.0661. The molecule has 0 bridgehead atoms. The quantitative estimate of drug-likeness (QED) is 0.865. The number of carbonyl (C=O) groups is 1. The third-order valence-corrected chi connectivity index (χ3v) is 5.34. The molecule has 1 aromatic heterocycles. The Kier molecular flexibility index (Phi) is 4.30. The molecule has 0 atom stereocenters. The molecule has 0 amide bonds. The molecule has 118 valence electrons. The van der Waals surface area contributed by atoms with Crippen molar-refractivity contribution in [3.8, 4) is 0 Å². The van der Waals surface area contributed by atoms with Gasteiger partial charge in [-0.25, -0.2) is 17.6 Å². The van der Waals surface area contributed by atoms with Crippen LogP contribution in [0.1, 0.15) is 16.3 Å². The standard InChI is InChI=1S/C13H11BrFNO5S/c1-7-12(6-11(21-7)13(17)18)22(19,20)16(2)10-4-3-8(14)5-9(10)15/h3-6H,1-2H3,(H,17,18). The Morgan fingerprint density at radius 3 is 2.50 bits per heavy atom. The van der Waals surface area contributed by atoms with E-state index in [4.69, 9.17) is 9.52 Å². The van der Waals surface area contributed by atoms with Crippen molar-refractivity contribution in [2.45, 2.75) is 11.8 Å². The lowest BCUT2D eigenvalue weighted by atomic mass is 10.3. The van der Waals surface area contributed by atoms with Crippen LogP contribution in [0.25, 0.3) is 0 Å². The van der Waals surface area contributed by atoms with Crippen LogP contribution in [0, 0.1) is 12.7 Å². The number of carboxylic acids is 1. The molecular formula is C13H11BrFNO5S. The number of hydrogen-bond donors (Lipinski definition) is 1. The molecule has 2 rings (SSSR count). The summed E-state index contributed by atoms with van der Waals surface area (Å²) in [4.78, 5) is 10.5. The summed E-state index contributed by atoms with van der Waals surface area (Å²) in [5, 5.41) is 8.85. The van der Waals surface area contributed by atoms with E-state index in [1.165, 1.54) is 26.1 Å². The van der Waals surface area contributed by atoms with Gasteiger partial charge in [-0.15, -0.1) is 0 Å². The largest absolute Gasteiger partial charge is 0.475 e. The Bertz CT molecular complexity index is 846. The number of rotatable bonds is 4. The van der Waals surface area contributed by atoms with Gasteiger partial charge in [-0.05, 0) is 25.1 Å². The fraction of sp³-hybridized carbons (Fsp3) is 0.154. The van der Waals surface area contributed by atoms with Gasteiger partial charge in [0.25, 0.3) is 10.0 Å². The number of benzene rings is 1. The van der Waals surface area contributed by atoms with Crippen molar-refractivity contribution >= 4 is 37.6 Å². The molecule has 1 heterocycles. The Balaban J connectivity index is 2.52. The minimum absolute atomic E-state index is 0.0817. The first-order valence-electron chi connectivity index (χ1n) is 5.92. The summed E-state index contributed by atoms with van der Waals surface area (Å²) in [6.07, 6.45) is 0. The summed E-state index contributed by atoms with van der Waals surface area (Å²) in [6.45, 7) is 1.32. The molecule has 0 spiro atoms. The van der Waals surface area contributed by atoms with Crippen LogP contribution in [0.2, 0.25) is 0 Å². The van der Waals surface area contributed by atoms with Crippen LogP contribution in [-0.2, 0) is 10.0 Å². The molecule has 0 saturated carbocycles. The number of sulfonamides is 1. The van der Waals surface area contributed by atoms with Gasteiger partial charge in [-0.2, -0.15) is 0 Å². The topological polar surface area (TPSA) is 87.8 Å². The average molecular weight is 392 g/mol. The van der Waals surface area contributed by atoms with Gasteiger partial charge in [0.1, 0.15) is 16.5 Å².